The van der Waals surface area contributed by atoms with Gasteiger partial charge in [0.05, 0.1) is 12.5 Å². The van der Waals surface area contributed by atoms with Gasteiger partial charge in [0.2, 0.25) is 11.6 Å². The third-order valence-corrected chi connectivity index (χ3v) is 8.23. The van der Waals surface area contributed by atoms with Crippen molar-refractivity contribution in [1.29, 1.82) is 0 Å². The normalized spacial score (nSPS) is 17.9. The Hall–Kier alpha value is -1.54. The molecule has 0 fully saturated rings. The van der Waals surface area contributed by atoms with E-state index < -0.39 is 19.8 Å². The van der Waals surface area contributed by atoms with Gasteiger partial charge in [0.25, 0.3) is 0 Å². The molecule has 0 atom stereocenters. The van der Waals surface area contributed by atoms with Crippen LogP contribution in [0, 0.1) is 11.5 Å². The fourth-order valence-corrected chi connectivity index (χ4v) is 2.30. The lowest BCUT2D eigenvalue weighted by molar-refractivity contribution is -0.205. The maximum Gasteiger partial charge on any atom is 0.337 e. The molecule has 5 heteroatoms. The van der Waals surface area contributed by atoms with E-state index in [1.807, 2.05) is 0 Å². The molecule has 0 aromatic rings. The van der Waals surface area contributed by atoms with E-state index in [2.05, 4.69) is 45.3 Å². The lowest BCUT2D eigenvalue weighted by atomic mass is 10.2. The molecular formula is C16H24O4Si. The highest BCUT2D eigenvalue weighted by Crippen LogP contribution is 2.35. The quantitative estimate of drug-likeness (QED) is 0.446. The summed E-state index contributed by atoms with van der Waals surface area (Å²) < 4.78 is 10.4. The van der Waals surface area contributed by atoms with Crippen molar-refractivity contribution < 1.29 is 19.1 Å². The molecule has 1 aliphatic rings. The molecule has 4 nitrogen and oxygen atoms in total. The van der Waals surface area contributed by atoms with Crippen LogP contribution >= 0.6 is 0 Å². The van der Waals surface area contributed by atoms with Crippen molar-refractivity contribution in [2.24, 2.45) is 0 Å². The second-order valence-corrected chi connectivity index (χ2v) is 12.3. The molecule has 0 aromatic carbocycles. The monoisotopic (exact) mass is 308 g/mol. The summed E-state index contributed by atoms with van der Waals surface area (Å²) in [6.07, 6.45) is 1.21. The zero-order chi connectivity index (χ0) is 16.5. The molecule has 0 aromatic heterocycles. The predicted octanol–water partition coefficient (Wildman–Crippen LogP) is 3.19. The van der Waals surface area contributed by atoms with Crippen LogP contribution in [-0.4, -0.2) is 25.6 Å². The van der Waals surface area contributed by atoms with Crippen LogP contribution in [0.15, 0.2) is 11.8 Å². The summed E-state index contributed by atoms with van der Waals surface area (Å²) in [4.78, 5) is 23.4. The van der Waals surface area contributed by atoms with Gasteiger partial charge in [-0.05, 0) is 11.0 Å². The topological polar surface area (TPSA) is 52.6 Å². The Bertz CT molecular complexity index is 539. The van der Waals surface area contributed by atoms with Crippen LogP contribution < -0.4 is 0 Å². The fraction of sp³-hybridized carbons (Fsp3) is 0.625. The minimum absolute atomic E-state index is 0.000152. The molecule has 0 bridgehead atoms. The number of carbonyl (C=O) groups is 2. The van der Waals surface area contributed by atoms with Crippen LogP contribution in [-0.2, 0) is 19.1 Å². The van der Waals surface area contributed by atoms with Gasteiger partial charge < -0.3 is 9.47 Å². The van der Waals surface area contributed by atoms with Crippen molar-refractivity contribution in [2.75, 3.05) is 0 Å². The molecule has 0 unspecified atom stereocenters. The van der Waals surface area contributed by atoms with E-state index in [4.69, 9.17) is 9.47 Å². The summed E-state index contributed by atoms with van der Waals surface area (Å²) in [5.41, 5.74) is 3.16. The fourth-order valence-electron chi connectivity index (χ4n) is 1.47. The number of Topliss-reactive ketones (excluding diaryl/α,β-unsaturated/α-hetero) is 1. The van der Waals surface area contributed by atoms with Crippen molar-refractivity contribution in [3.63, 3.8) is 0 Å². The van der Waals surface area contributed by atoms with Gasteiger partial charge >= 0.3 is 5.97 Å². The summed E-state index contributed by atoms with van der Waals surface area (Å²) in [6, 6.07) is 0. The molecule has 0 saturated heterocycles. The van der Waals surface area contributed by atoms with Crippen molar-refractivity contribution >= 4 is 19.8 Å². The second kappa shape index (κ2) is 5.68. The third kappa shape index (κ3) is 5.05. The Kier molecular flexibility index (Phi) is 4.74. The Morgan fingerprint density at radius 2 is 1.86 bits per heavy atom. The average Bonchev–Trinajstić information content (AvgIpc) is 2.21. The van der Waals surface area contributed by atoms with Crippen molar-refractivity contribution in [3.05, 3.63) is 11.8 Å². The molecule has 0 N–H and O–H groups in total. The van der Waals surface area contributed by atoms with Crippen molar-refractivity contribution in [1.82, 2.24) is 0 Å². The molecule has 0 saturated carbocycles. The van der Waals surface area contributed by atoms with Crippen molar-refractivity contribution in [3.8, 4) is 11.5 Å². The van der Waals surface area contributed by atoms with Crippen LogP contribution in [0.4, 0.5) is 0 Å². The van der Waals surface area contributed by atoms with E-state index >= 15 is 0 Å². The maximum absolute atomic E-state index is 12.0. The number of ketones is 1. The zero-order valence-electron chi connectivity index (χ0n) is 13.9. The van der Waals surface area contributed by atoms with Crippen molar-refractivity contribution in [2.45, 2.75) is 65.0 Å². The predicted molar refractivity (Wildman–Crippen MR) is 83.9 cm³/mol. The molecule has 116 valence electrons. The molecule has 1 aliphatic heterocycles. The van der Waals surface area contributed by atoms with E-state index in [9.17, 15) is 9.59 Å². The van der Waals surface area contributed by atoms with E-state index in [0.717, 1.165) is 0 Å². The highest BCUT2D eigenvalue weighted by Gasteiger charge is 2.34. The number of allylic oxidation sites excluding steroid dienone is 1. The summed E-state index contributed by atoms with van der Waals surface area (Å²) >= 11 is 0. The van der Waals surface area contributed by atoms with Gasteiger partial charge in [-0.2, -0.15) is 0 Å². The van der Waals surface area contributed by atoms with Crippen LogP contribution in [0.2, 0.25) is 18.1 Å². The van der Waals surface area contributed by atoms with Gasteiger partial charge in [0.1, 0.15) is 13.8 Å². The molecule has 1 rings (SSSR count). The number of carbonyl (C=O) groups excluding carboxylic acids is 2. The van der Waals surface area contributed by atoms with Gasteiger partial charge in [-0.1, -0.05) is 33.9 Å². The Labute approximate surface area is 127 Å². The van der Waals surface area contributed by atoms with Gasteiger partial charge in [0.15, 0.2) is 0 Å². The third-order valence-electron chi connectivity index (χ3n) is 3.73. The van der Waals surface area contributed by atoms with E-state index in [1.54, 1.807) is 13.8 Å². The summed E-state index contributed by atoms with van der Waals surface area (Å²) in [5, 5.41) is 0.104. The van der Waals surface area contributed by atoms with Gasteiger partial charge in [-0.25, -0.2) is 4.79 Å². The lowest BCUT2D eigenvalue weighted by Gasteiger charge is -2.31. The first-order valence-electron chi connectivity index (χ1n) is 7.01. The Morgan fingerprint density at radius 3 is 2.33 bits per heavy atom. The molecule has 0 aliphatic carbocycles. The molecule has 0 spiro atoms. The first-order valence-corrected chi connectivity index (χ1v) is 10.0. The largest absolute Gasteiger partial charge is 0.456 e. The maximum atomic E-state index is 12.0. The lowest BCUT2D eigenvalue weighted by Crippen LogP contribution is -2.36. The van der Waals surface area contributed by atoms with E-state index in [1.165, 1.54) is 6.08 Å². The minimum Gasteiger partial charge on any atom is -0.456 e. The van der Waals surface area contributed by atoms with Gasteiger partial charge in [-0.3, -0.25) is 4.79 Å². The summed E-state index contributed by atoms with van der Waals surface area (Å²) in [6.45, 7) is 14.0. The summed E-state index contributed by atoms with van der Waals surface area (Å²) in [7, 11) is -1.81. The molecule has 0 amide bonds. The van der Waals surface area contributed by atoms with Gasteiger partial charge in [0, 0.05) is 13.8 Å². The smallest absolute Gasteiger partial charge is 0.337 e. The van der Waals surface area contributed by atoms with Crippen LogP contribution in [0.1, 0.15) is 41.0 Å². The Morgan fingerprint density at radius 1 is 1.29 bits per heavy atom. The summed E-state index contributed by atoms with van der Waals surface area (Å²) in [5.74, 6) is 1.26. The number of hydrogen-bond acceptors (Lipinski definition) is 4. The number of ether oxygens (including phenoxy) is 2. The highest BCUT2D eigenvalue weighted by atomic mass is 28.3. The average molecular weight is 308 g/mol. The number of esters is 1. The van der Waals surface area contributed by atoms with Crippen LogP contribution in [0.3, 0.4) is 0 Å². The molecule has 0 radical (unpaired) electrons. The molecule has 1 heterocycles. The van der Waals surface area contributed by atoms with Gasteiger partial charge in [-0.15, -0.1) is 5.54 Å². The Balaban J connectivity index is 2.79. The first kappa shape index (κ1) is 17.5. The standard InChI is InChI=1S/C16H24O4Si/c1-15(2,3)21(6,7)9-8-12(17)10-13-11-14(18)20-16(4,5)19-13/h11H,10H2,1-7H3. The van der Waals surface area contributed by atoms with E-state index in [0.29, 0.717) is 5.76 Å². The highest BCUT2D eigenvalue weighted by molar-refractivity contribution is 6.87. The number of hydrogen-bond donors (Lipinski definition) is 0. The van der Waals surface area contributed by atoms with Crippen LogP contribution in [0.5, 0.6) is 0 Å². The SMILES string of the molecule is CC1(C)OC(=O)C=C(CC(=O)C#C[Si](C)(C)C(C)(C)C)O1. The zero-order valence-corrected chi connectivity index (χ0v) is 14.9. The molecule has 21 heavy (non-hydrogen) atoms. The van der Waals surface area contributed by atoms with E-state index in [-0.39, 0.29) is 17.2 Å². The van der Waals surface area contributed by atoms with Crippen LogP contribution in [0.25, 0.3) is 0 Å². The number of rotatable bonds is 2. The second-order valence-electron chi connectivity index (χ2n) is 7.26. The molecular weight excluding hydrogens is 284 g/mol. The minimum atomic E-state index is -1.81. The first-order chi connectivity index (χ1) is 9.32. The number of cyclic esters (lactones) is 1.